The predicted octanol–water partition coefficient (Wildman–Crippen LogP) is 2.59. The van der Waals surface area contributed by atoms with E-state index in [4.69, 9.17) is 5.73 Å². The van der Waals surface area contributed by atoms with Gasteiger partial charge < -0.3 is 10.6 Å². The number of likely N-dealkylation sites (tertiary alicyclic amines) is 1. The summed E-state index contributed by atoms with van der Waals surface area (Å²) in [4.78, 5) is 16.1. The molecule has 0 aliphatic carbocycles. The molecular formula is C18H23ClN2O3S2. The van der Waals surface area contributed by atoms with Crippen LogP contribution in [-0.4, -0.2) is 44.6 Å². The van der Waals surface area contributed by atoms with Gasteiger partial charge in [-0.3, -0.25) is 4.79 Å². The summed E-state index contributed by atoms with van der Waals surface area (Å²) in [6, 6.07) is 11.6. The molecule has 1 amide bonds. The molecule has 1 aliphatic rings. The Morgan fingerprint density at radius 3 is 2.54 bits per heavy atom. The van der Waals surface area contributed by atoms with Crippen molar-refractivity contribution in [3.8, 4) is 0 Å². The molecule has 2 atom stereocenters. The Morgan fingerprint density at radius 1 is 1.27 bits per heavy atom. The van der Waals surface area contributed by atoms with E-state index in [0.717, 1.165) is 10.4 Å². The number of amides is 1. The van der Waals surface area contributed by atoms with Crippen LogP contribution in [0, 0.1) is 6.92 Å². The van der Waals surface area contributed by atoms with Gasteiger partial charge in [-0.2, -0.15) is 0 Å². The highest BCUT2D eigenvalue weighted by Crippen LogP contribution is 2.30. The summed E-state index contributed by atoms with van der Waals surface area (Å²) in [6.07, 6.45) is 1.20. The summed E-state index contributed by atoms with van der Waals surface area (Å²) in [6.45, 7) is 2.95. The van der Waals surface area contributed by atoms with Crippen LogP contribution in [0.3, 0.4) is 0 Å². The standard InChI is InChI=1S/C18H22N2O3S2.ClH/c1-12-14(11-25(2,22)23)8-17(24-12)18(21)20-9-15(16(19)10-20)13-6-4-3-5-7-13;/h3-8,15-16H,9-11,19H2,1-2H3;1H/t15-,16+;/m0./s1. The van der Waals surface area contributed by atoms with Crippen molar-refractivity contribution in [2.24, 2.45) is 5.73 Å². The third kappa shape index (κ3) is 4.65. The smallest absolute Gasteiger partial charge is 0.264 e. The molecule has 0 spiro atoms. The fraction of sp³-hybridized carbons (Fsp3) is 0.389. The molecule has 26 heavy (non-hydrogen) atoms. The largest absolute Gasteiger partial charge is 0.336 e. The molecule has 2 aromatic rings. The van der Waals surface area contributed by atoms with E-state index in [1.54, 1.807) is 11.0 Å². The van der Waals surface area contributed by atoms with E-state index in [1.807, 2.05) is 37.3 Å². The van der Waals surface area contributed by atoms with Crippen molar-refractivity contribution in [3.63, 3.8) is 0 Å². The van der Waals surface area contributed by atoms with Crippen LogP contribution in [0.2, 0.25) is 0 Å². The van der Waals surface area contributed by atoms with Crippen molar-refractivity contribution in [1.82, 2.24) is 4.90 Å². The molecule has 3 rings (SSSR count). The summed E-state index contributed by atoms with van der Waals surface area (Å²) in [5.41, 5.74) is 8.12. The van der Waals surface area contributed by atoms with E-state index in [9.17, 15) is 13.2 Å². The SMILES string of the molecule is Cc1sc(C(=O)N2C[C@@H](N)[C@H](c3ccccc3)C2)cc1CS(C)(=O)=O.Cl. The van der Waals surface area contributed by atoms with E-state index in [2.05, 4.69) is 0 Å². The zero-order valence-corrected chi connectivity index (χ0v) is 17.2. The minimum Gasteiger partial charge on any atom is -0.336 e. The van der Waals surface area contributed by atoms with Crippen LogP contribution in [0.25, 0.3) is 0 Å². The third-order valence-corrected chi connectivity index (χ3v) is 6.45. The fourth-order valence-electron chi connectivity index (χ4n) is 3.25. The first kappa shape index (κ1) is 20.9. The van der Waals surface area contributed by atoms with Crippen molar-refractivity contribution in [1.29, 1.82) is 0 Å². The van der Waals surface area contributed by atoms with Crippen molar-refractivity contribution in [3.05, 3.63) is 57.3 Å². The zero-order chi connectivity index (χ0) is 18.2. The summed E-state index contributed by atoms with van der Waals surface area (Å²) >= 11 is 1.35. The number of nitrogens with two attached hydrogens (primary N) is 1. The monoisotopic (exact) mass is 414 g/mol. The maximum Gasteiger partial charge on any atom is 0.264 e. The molecule has 1 aliphatic heterocycles. The number of hydrogen-bond donors (Lipinski definition) is 1. The van der Waals surface area contributed by atoms with Crippen molar-refractivity contribution in [2.45, 2.75) is 24.6 Å². The lowest BCUT2D eigenvalue weighted by atomic mass is 9.95. The summed E-state index contributed by atoms with van der Waals surface area (Å²) < 4.78 is 23.0. The summed E-state index contributed by atoms with van der Waals surface area (Å²) in [5.74, 6) is 0.0258. The molecule has 8 heteroatoms. The van der Waals surface area contributed by atoms with Crippen LogP contribution in [0.5, 0.6) is 0 Å². The van der Waals surface area contributed by atoms with E-state index in [-0.39, 0.29) is 36.0 Å². The van der Waals surface area contributed by atoms with Crippen molar-refractivity contribution < 1.29 is 13.2 Å². The van der Waals surface area contributed by atoms with E-state index in [1.165, 1.54) is 17.6 Å². The Balaban J connectivity index is 0.00000243. The topological polar surface area (TPSA) is 80.5 Å². The Morgan fingerprint density at radius 2 is 1.92 bits per heavy atom. The maximum absolute atomic E-state index is 12.8. The van der Waals surface area contributed by atoms with Gasteiger partial charge in [0, 0.05) is 36.2 Å². The number of nitrogens with zero attached hydrogens (tertiary/aromatic N) is 1. The summed E-state index contributed by atoms with van der Waals surface area (Å²) in [7, 11) is -3.12. The Labute approximate surface area is 164 Å². The number of carbonyl (C=O) groups is 1. The minimum atomic E-state index is -3.12. The molecule has 2 heterocycles. The number of thiophene rings is 1. The second kappa shape index (κ2) is 8.08. The van der Waals surface area contributed by atoms with Crippen LogP contribution < -0.4 is 5.73 Å². The second-order valence-electron chi connectivity index (χ2n) is 6.65. The summed E-state index contributed by atoms with van der Waals surface area (Å²) in [5, 5.41) is 0. The number of aryl methyl sites for hydroxylation is 1. The first-order valence-electron chi connectivity index (χ1n) is 8.11. The zero-order valence-electron chi connectivity index (χ0n) is 14.7. The number of benzene rings is 1. The lowest BCUT2D eigenvalue weighted by Gasteiger charge is -2.15. The highest BCUT2D eigenvalue weighted by molar-refractivity contribution is 7.89. The number of rotatable bonds is 4. The van der Waals surface area contributed by atoms with Gasteiger partial charge >= 0.3 is 0 Å². The lowest BCUT2D eigenvalue weighted by molar-refractivity contribution is 0.0794. The molecule has 5 nitrogen and oxygen atoms in total. The predicted molar refractivity (Wildman–Crippen MR) is 108 cm³/mol. The second-order valence-corrected chi connectivity index (χ2v) is 10.0. The lowest BCUT2D eigenvalue weighted by Crippen LogP contribution is -2.31. The minimum absolute atomic E-state index is 0. The first-order chi connectivity index (χ1) is 11.7. The molecule has 1 aromatic heterocycles. The Hall–Kier alpha value is -1.41. The van der Waals surface area contributed by atoms with Crippen LogP contribution in [0.4, 0.5) is 0 Å². The number of sulfone groups is 1. The average molecular weight is 415 g/mol. The fourth-order valence-corrected chi connectivity index (χ4v) is 5.22. The Kier molecular flexibility index (Phi) is 6.50. The molecular weight excluding hydrogens is 392 g/mol. The molecule has 0 radical (unpaired) electrons. The van der Waals surface area contributed by atoms with Gasteiger partial charge in [-0.25, -0.2) is 8.42 Å². The van der Waals surface area contributed by atoms with E-state index < -0.39 is 9.84 Å². The number of halogens is 1. The quantitative estimate of drug-likeness (QED) is 0.833. The van der Waals surface area contributed by atoms with Gasteiger partial charge in [0.05, 0.1) is 10.6 Å². The van der Waals surface area contributed by atoms with Crippen molar-refractivity contribution >= 4 is 39.5 Å². The van der Waals surface area contributed by atoms with Crippen LogP contribution in [-0.2, 0) is 15.6 Å². The van der Waals surface area contributed by atoms with Gasteiger partial charge in [-0.1, -0.05) is 30.3 Å². The molecule has 1 saturated heterocycles. The molecule has 1 aromatic carbocycles. The molecule has 142 valence electrons. The van der Waals surface area contributed by atoms with Gasteiger partial charge in [0.25, 0.3) is 5.91 Å². The van der Waals surface area contributed by atoms with Crippen molar-refractivity contribution in [2.75, 3.05) is 19.3 Å². The van der Waals surface area contributed by atoms with E-state index in [0.29, 0.717) is 23.5 Å². The van der Waals surface area contributed by atoms with Gasteiger partial charge in [-0.15, -0.1) is 23.7 Å². The maximum atomic E-state index is 12.8. The average Bonchev–Trinajstić information content (AvgIpc) is 3.10. The molecule has 0 bridgehead atoms. The molecule has 1 fully saturated rings. The van der Waals surface area contributed by atoms with E-state index >= 15 is 0 Å². The van der Waals surface area contributed by atoms with Crippen LogP contribution in [0.1, 0.15) is 31.6 Å². The highest BCUT2D eigenvalue weighted by Gasteiger charge is 2.34. The van der Waals surface area contributed by atoms with Crippen LogP contribution >= 0.6 is 23.7 Å². The molecule has 0 saturated carbocycles. The van der Waals surface area contributed by atoms with Gasteiger partial charge in [0.1, 0.15) is 0 Å². The van der Waals surface area contributed by atoms with Gasteiger partial charge in [0.2, 0.25) is 0 Å². The van der Waals surface area contributed by atoms with Crippen LogP contribution in [0.15, 0.2) is 36.4 Å². The Bertz CT molecular complexity index is 881. The number of carbonyl (C=O) groups excluding carboxylic acids is 1. The van der Waals surface area contributed by atoms with Gasteiger partial charge in [-0.05, 0) is 24.1 Å². The number of hydrogen-bond acceptors (Lipinski definition) is 5. The normalized spacial score (nSPS) is 20.0. The first-order valence-corrected chi connectivity index (χ1v) is 11.0. The van der Waals surface area contributed by atoms with Gasteiger partial charge in [0.15, 0.2) is 9.84 Å². The molecule has 0 unspecified atom stereocenters. The highest BCUT2D eigenvalue weighted by atomic mass is 35.5. The third-order valence-electron chi connectivity index (χ3n) is 4.53. The molecule has 2 N–H and O–H groups in total.